The van der Waals surface area contributed by atoms with Gasteiger partial charge < -0.3 is 4.90 Å². The predicted molar refractivity (Wildman–Crippen MR) is 94.9 cm³/mol. The maximum absolute atomic E-state index is 13.9. The highest BCUT2D eigenvalue weighted by Gasteiger charge is 2.47. The van der Waals surface area contributed by atoms with Crippen LogP contribution in [0, 0.1) is 5.82 Å². The quantitative estimate of drug-likeness (QED) is 0.487. The lowest BCUT2D eigenvalue weighted by molar-refractivity contribution is -0.910. The van der Waals surface area contributed by atoms with Gasteiger partial charge in [0.05, 0.1) is 26.2 Å². The lowest BCUT2D eigenvalue weighted by atomic mass is 10.3. The van der Waals surface area contributed by atoms with E-state index < -0.39 is 39.7 Å². The summed E-state index contributed by atoms with van der Waals surface area (Å²) in [6.45, 7) is 4.15. The molecule has 2 aliphatic heterocycles. The minimum absolute atomic E-state index is 0.0137. The minimum Gasteiger partial charge on any atom is -0.315 e. The van der Waals surface area contributed by atoms with Gasteiger partial charge in [-0.3, -0.25) is 14.5 Å². The minimum atomic E-state index is -3.96. The van der Waals surface area contributed by atoms with Gasteiger partial charge >= 0.3 is 17.8 Å². The molecule has 152 valence electrons. The van der Waals surface area contributed by atoms with Crippen LogP contribution in [0.25, 0.3) is 0 Å². The lowest BCUT2D eigenvalue weighted by Gasteiger charge is -2.32. The Labute approximate surface area is 162 Å². The van der Waals surface area contributed by atoms with Crippen molar-refractivity contribution in [1.29, 1.82) is 0 Å². The molecule has 0 saturated carbocycles. The molecular formula is C17H22FN4O5S+. The number of sulfonamides is 1. The second kappa shape index (κ2) is 7.57. The molecule has 2 fully saturated rings. The number of hydrogen-bond donors (Lipinski definition) is 1. The summed E-state index contributed by atoms with van der Waals surface area (Å²) in [4.78, 5) is 38.6. The molecule has 0 aromatic heterocycles. The van der Waals surface area contributed by atoms with E-state index in [0.717, 1.165) is 20.8 Å². The summed E-state index contributed by atoms with van der Waals surface area (Å²) < 4.78 is 40.3. The van der Waals surface area contributed by atoms with Gasteiger partial charge in [0.15, 0.2) is 6.67 Å². The Kier molecular flexibility index (Phi) is 5.50. The van der Waals surface area contributed by atoms with Gasteiger partial charge in [-0.05, 0) is 26.0 Å². The van der Waals surface area contributed by atoms with Crippen LogP contribution < -0.4 is 4.90 Å². The number of piperazine rings is 1. The fourth-order valence-corrected chi connectivity index (χ4v) is 4.84. The number of carbonyl (C=O) groups is 3. The van der Waals surface area contributed by atoms with Crippen molar-refractivity contribution in [2.45, 2.75) is 24.8 Å². The van der Waals surface area contributed by atoms with Crippen LogP contribution in [0.15, 0.2) is 29.2 Å². The first-order valence-electron chi connectivity index (χ1n) is 8.92. The summed E-state index contributed by atoms with van der Waals surface area (Å²) in [7, 11) is -3.96. The first-order chi connectivity index (χ1) is 13.1. The van der Waals surface area contributed by atoms with E-state index >= 15 is 0 Å². The van der Waals surface area contributed by atoms with E-state index in [0.29, 0.717) is 13.1 Å². The fraction of sp³-hybridized carbons (Fsp3) is 0.471. The SMILES string of the molecule is CC(C)N1C(=O)C(=O)N(C[NH+]2CCN(S(=O)(=O)c3ccccc3F)CC2)C1=O. The van der Waals surface area contributed by atoms with Crippen LogP contribution in [0.3, 0.4) is 0 Å². The number of nitrogens with one attached hydrogen (secondary N) is 1. The van der Waals surface area contributed by atoms with Crippen LogP contribution in [0.1, 0.15) is 13.8 Å². The van der Waals surface area contributed by atoms with Crippen molar-refractivity contribution >= 4 is 27.9 Å². The van der Waals surface area contributed by atoms with E-state index in [9.17, 15) is 27.2 Å². The molecule has 11 heteroatoms. The maximum Gasteiger partial charge on any atom is 0.338 e. The highest BCUT2D eigenvalue weighted by molar-refractivity contribution is 7.89. The van der Waals surface area contributed by atoms with Crippen molar-refractivity contribution in [2.24, 2.45) is 0 Å². The number of amides is 4. The molecule has 1 aromatic rings. The van der Waals surface area contributed by atoms with Crippen LogP contribution in [0.2, 0.25) is 0 Å². The number of imide groups is 2. The molecule has 2 aliphatic rings. The van der Waals surface area contributed by atoms with Crippen LogP contribution in [-0.4, -0.2) is 79.3 Å². The molecule has 9 nitrogen and oxygen atoms in total. The van der Waals surface area contributed by atoms with E-state index in [4.69, 9.17) is 0 Å². The zero-order valence-electron chi connectivity index (χ0n) is 15.6. The number of benzene rings is 1. The molecule has 0 spiro atoms. The van der Waals surface area contributed by atoms with Crippen LogP contribution in [0.4, 0.5) is 9.18 Å². The summed E-state index contributed by atoms with van der Waals surface area (Å²) in [6, 6.07) is 4.11. The number of rotatable bonds is 5. The van der Waals surface area contributed by atoms with Gasteiger partial charge in [0.25, 0.3) is 0 Å². The third-order valence-corrected chi connectivity index (χ3v) is 6.80. The molecule has 4 amide bonds. The zero-order valence-corrected chi connectivity index (χ0v) is 16.4. The fourth-order valence-electron chi connectivity index (χ4n) is 3.33. The van der Waals surface area contributed by atoms with E-state index in [1.165, 1.54) is 22.5 Å². The standard InChI is InChI=1S/C17H21FN4O5S/c1-12(2)22-16(24)15(23)21(17(22)25)11-19-7-9-20(10-8-19)28(26,27)14-6-4-3-5-13(14)18/h3-6,12H,7-11H2,1-2H3/p+1. The average Bonchev–Trinajstić information content (AvgIpc) is 2.86. The van der Waals surface area contributed by atoms with E-state index in [1.807, 2.05) is 0 Å². The summed E-state index contributed by atoms with van der Waals surface area (Å²) >= 11 is 0. The Morgan fingerprint density at radius 1 is 1.07 bits per heavy atom. The van der Waals surface area contributed by atoms with Crippen molar-refractivity contribution in [3.8, 4) is 0 Å². The molecule has 2 saturated heterocycles. The van der Waals surface area contributed by atoms with Gasteiger partial charge in [-0.15, -0.1) is 0 Å². The molecule has 28 heavy (non-hydrogen) atoms. The number of quaternary nitrogens is 1. The Balaban J connectivity index is 1.65. The third kappa shape index (κ3) is 3.52. The summed E-state index contributed by atoms with van der Waals surface area (Å²) in [5, 5.41) is 0. The molecule has 1 aromatic carbocycles. The Hall–Kier alpha value is -2.37. The topological polar surface area (TPSA) is 99.5 Å². The second-order valence-corrected chi connectivity index (χ2v) is 8.93. The summed E-state index contributed by atoms with van der Waals surface area (Å²) in [5.74, 6) is -2.52. The van der Waals surface area contributed by atoms with Gasteiger partial charge in [-0.1, -0.05) is 12.1 Å². The number of halogens is 1. The maximum atomic E-state index is 13.9. The lowest BCUT2D eigenvalue weighted by Crippen LogP contribution is -3.16. The molecule has 2 heterocycles. The molecule has 3 rings (SSSR count). The van der Waals surface area contributed by atoms with Crippen molar-refractivity contribution in [3.05, 3.63) is 30.1 Å². The van der Waals surface area contributed by atoms with Gasteiger partial charge in [-0.25, -0.2) is 22.5 Å². The Morgan fingerprint density at radius 2 is 1.68 bits per heavy atom. The molecule has 0 unspecified atom stereocenters. The van der Waals surface area contributed by atoms with Crippen LogP contribution >= 0.6 is 0 Å². The van der Waals surface area contributed by atoms with Crippen LogP contribution in [-0.2, 0) is 19.6 Å². The first-order valence-corrected chi connectivity index (χ1v) is 10.4. The number of nitrogens with zero attached hydrogens (tertiary/aromatic N) is 3. The number of carbonyl (C=O) groups excluding carboxylic acids is 3. The third-order valence-electron chi connectivity index (χ3n) is 4.87. The van der Waals surface area contributed by atoms with Gasteiger partial charge in [0.1, 0.15) is 10.7 Å². The number of urea groups is 1. The van der Waals surface area contributed by atoms with Gasteiger partial charge in [0.2, 0.25) is 10.0 Å². The summed E-state index contributed by atoms with van der Waals surface area (Å²) in [5.41, 5.74) is 0. The molecule has 0 atom stereocenters. The molecular weight excluding hydrogens is 391 g/mol. The smallest absolute Gasteiger partial charge is 0.315 e. The Bertz CT molecular complexity index is 912. The molecule has 1 N–H and O–H groups in total. The predicted octanol–water partition coefficient (Wildman–Crippen LogP) is -1.13. The second-order valence-electron chi connectivity index (χ2n) is 7.03. The molecule has 0 radical (unpaired) electrons. The highest BCUT2D eigenvalue weighted by Crippen LogP contribution is 2.19. The largest absolute Gasteiger partial charge is 0.338 e. The van der Waals surface area contributed by atoms with E-state index in [1.54, 1.807) is 13.8 Å². The summed E-state index contributed by atoms with van der Waals surface area (Å²) in [6.07, 6.45) is 0. The van der Waals surface area contributed by atoms with Crippen molar-refractivity contribution < 1.29 is 32.1 Å². The van der Waals surface area contributed by atoms with Crippen LogP contribution in [0.5, 0.6) is 0 Å². The average molecular weight is 413 g/mol. The van der Waals surface area contributed by atoms with E-state index in [-0.39, 0.29) is 24.7 Å². The van der Waals surface area contributed by atoms with Crippen molar-refractivity contribution in [1.82, 2.24) is 14.1 Å². The van der Waals surface area contributed by atoms with Gasteiger partial charge in [0, 0.05) is 6.04 Å². The van der Waals surface area contributed by atoms with Crippen molar-refractivity contribution in [3.63, 3.8) is 0 Å². The molecule has 0 bridgehead atoms. The number of hydrogen-bond acceptors (Lipinski definition) is 5. The Morgan fingerprint density at radius 3 is 2.21 bits per heavy atom. The zero-order chi connectivity index (χ0) is 20.6. The first kappa shape index (κ1) is 20.4. The highest BCUT2D eigenvalue weighted by atomic mass is 32.2. The van der Waals surface area contributed by atoms with Crippen molar-refractivity contribution in [2.75, 3.05) is 32.8 Å². The molecule has 0 aliphatic carbocycles. The van der Waals surface area contributed by atoms with Gasteiger partial charge in [-0.2, -0.15) is 4.31 Å². The van der Waals surface area contributed by atoms with E-state index in [2.05, 4.69) is 0 Å². The normalized spacial score (nSPS) is 19.9. The monoisotopic (exact) mass is 413 g/mol.